The highest BCUT2D eigenvalue weighted by atomic mass is 16.5. The molecule has 0 N–H and O–H groups in total. The molecule has 106 valence electrons. The second-order valence-corrected chi connectivity index (χ2v) is 4.40. The Morgan fingerprint density at radius 1 is 1.25 bits per heavy atom. The van der Waals surface area contributed by atoms with E-state index in [0.29, 0.717) is 18.0 Å². The number of amides is 1. The molecule has 0 aliphatic carbocycles. The molecule has 2 rings (SSSR count). The minimum atomic E-state index is -0.421. The van der Waals surface area contributed by atoms with Gasteiger partial charge in [-0.15, -0.1) is 0 Å². The van der Waals surface area contributed by atoms with E-state index in [0.717, 1.165) is 4.57 Å². The lowest BCUT2D eigenvalue weighted by Crippen LogP contribution is -2.35. The summed E-state index contributed by atoms with van der Waals surface area (Å²) >= 11 is 0. The van der Waals surface area contributed by atoms with E-state index in [1.165, 1.54) is 15.7 Å². The van der Waals surface area contributed by atoms with Crippen LogP contribution in [0.4, 0.5) is 4.79 Å². The van der Waals surface area contributed by atoms with Crippen molar-refractivity contribution in [2.45, 2.75) is 6.92 Å². The van der Waals surface area contributed by atoms with Gasteiger partial charge in [-0.25, -0.2) is 14.2 Å². The molecule has 0 bridgehead atoms. The van der Waals surface area contributed by atoms with Gasteiger partial charge in [0.05, 0.1) is 12.3 Å². The molecule has 0 spiro atoms. The molecule has 2 aromatic rings. The monoisotopic (exact) mass is 275 g/mol. The molecule has 1 heterocycles. The summed E-state index contributed by atoms with van der Waals surface area (Å²) in [5, 5.41) is 0. The van der Waals surface area contributed by atoms with Crippen molar-refractivity contribution in [3.8, 4) is 11.4 Å². The number of hydrogen-bond acceptors (Lipinski definition) is 3. The minimum absolute atomic E-state index is 0.386. The van der Waals surface area contributed by atoms with Crippen LogP contribution in [0, 0.1) is 0 Å². The first kappa shape index (κ1) is 13.9. The van der Waals surface area contributed by atoms with E-state index < -0.39 is 5.69 Å². The molecule has 0 unspecified atom stereocenters. The van der Waals surface area contributed by atoms with Crippen LogP contribution in [0.25, 0.3) is 5.69 Å². The van der Waals surface area contributed by atoms with Crippen LogP contribution in [0.15, 0.2) is 41.5 Å². The second kappa shape index (κ2) is 5.64. The largest absolute Gasteiger partial charge is 0.492 e. The molecule has 0 atom stereocenters. The highest BCUT2D eigenvalue weighted by molar-refractivity contribution is 5.76. The van der Waals surface area contributed by atoms with Gasteiger partial charge in [0.2, 0.25) is 0 Å². The highest BCUT2D eigenvalue weighted by Gasteiger charge is 2.15. The average molecular weight is 275 g/mol. The molecule has 0 saturated carbocycles. The molecule has 0 radical (unpaired) electrons. The standard InChI is InChI=1S/C14H17N3O3/c1-4-20-12-8-6-5-7-11(12)16-9-10-17(14(16)19)13(18)15(2)3/h5-10H,4H2,1-3H3. The van der Waals surface area contributed by atoms with Crippen molar-refractivity contribution in [1.82, 2.24) is 14.0 Å². The second-order valence-electron chi connectivity index (χ2n) is 4.40. The number of imidazole rings is 1. The van der Waals surface area contributed by atoms with Crippen molar-refractivity contribution in [3.05, 3.63) is 47.1 Å². The van der Waals surface area contributed by atoms with Crippen LogP contribution >= 0.6 is 0 Å². The van der Waals surface area contributed by atoms with Crippen molar-refractivity contribution >= 4 is 6.03 Å². The molecule has 6 heteroatoms. The van der Waals surface area contributed by atoms with Gasteiger partial charge in [-0.3, -0.25) is 4.57 Å². The topological polar surface area (TPSA) is 56.5 Å². The van der Waals surface area contributed by atoms with Crippen molar-refractivity contribution in [2.24, 2.45) is 0 Å². The number of para-hydroxylation sites is 2. The van der Waals surface area contributed by atoms with Gasteiger partial charge in [0.25, 0.3) is 0 Å². The normalized spacial score (nSPS) is 10.3. The van der Waals surface area contributed by atoms with Crippen LogP contribution in [-0.4, -0.2) is 40.8 Å². The summed E-state index contributed by atoms with van der Waals surface area (Å²) in [6.45, 7) is 2.38. The Morgan fingerprint density at radius 3 is 2.60 bits per heavy atom. The third-order valence-electron chi connectivity index (χ3n) is 2.79. The van der Waals surface area contributed by atoms with Crippen molar-refractivity contribution in [2.75, 3.05) is 20.7 Å². The van der Waals surface area contributed by atoms with Crippen molar-refractivity contribution in [3.63, 3.8) is 0 Å². The number of carbonyl (C=O) groups is 1. The van der Waals surface area contributed by atoms with E-state index in [1.807, 2.05) is 19.1 Å². The molecule has 0 aliphatic rings. The Kier molecular flexibility index (Phi) is 3.93. The molecule has 0 fully saturated rings. The molecule has 6 nitrogen and oxygen atoms in total. The van der Waals surface area contributed by atoms with Crippen LogP contribution in [0.1, 0.15) is 6.92 Å². The lowest BCUT2D eigenvalue weighted by molar-refractivity contribution is 0.218. The molecule has 1 aromatic carbocycles. The van der Waals surface area contributed by atoms with Gasteiger partial charge in [0.15, 0.2) is 0 Å². The summed E-state index contributed by atoms with van der Waals surface area (Å²) in [6, 6.07) is 6.83. The van der Waals surface area contributed by atoms with Gasteiger partial charge in [0, 0.05) is 26.5 Å². The minimum Gasteiger partial charge on any atom is -0.492 e. The van der Waals surface area contributed by atoms with Gasteiger partial charge >= 0.3 is 11.7 Å². The number of rotatable bonds is 3. The lowest BCUT2D eigenvalue weighted by atomic mass is 10.3. The Hall–Kier alpha value is -2.50. The summed E-state index contributed by atoms with van der Waals surface area (Å²) in [7, 11) is 3.19. The number of carbonyl (C=O) groups excluding carboxylic acids is 1. The molecule has 1 aromatic heterocycles. The zero-order chi connectivity index (χ0) is 14.7. The van der Waals surface area contributed by atoms with Crippen molar-refractivity contribution in [1.29, 1.82) is 0 Å². The van der Waals surface area contributed by atoms with Gasteiger partial charge in [-0.05, 0) is 19.1 Å². The van der Waals surface area contributed by atoms with Gasteiger partial charge in [0.1, 0.15) is 5.75 Å². The molecular weight excluding hydrogens is 258 g/mol. The fourth-order valence-electron chi connectivity index (χ4n) is 1.86. The highest BCUT2D eigenvalue weighted by Crippen LogP contribution is 2.21. The quantitative estimate of drug-likeness (QED) is 0.854. The maximum Gasteiger partial charge on any atom is 0.341 e. The molecule has 0 aliphatic heterocycles. The third-order valence-corrected chi connectivity index (χ3v) is 2.79. The summed E-state index contributed by atoms with van der Waals surface area (Å²) in [5.74, 6) is 0.604. The number of hydrogen-bond donors (Lipinski definition) is 0. The summed E-state index contributed by atoms with van der Waals surface area (Å²) in [4.78, 5) is 25.5. The predicted molar refractivity (Wildman–Crippen MR) is 75.7 cm³/mol. The summed E-state index contributed by atoms with van der Waals surface area (Å²) in [6.07, 6.45) is 3.01. The maximum absolute atomic E-state index is 12.3. The van der Waals surface area contributed by atoms with Crippen LogP contribution in [0.5, 0.6) is 5.75 Å². The zero-order valence-corrected chi connectivity index (χ0v) is 11.7. The Morgan fingerprint density at radius 2 is 1.95 bits per heavy atom. The van der Waals surface area contributed by atoms with Gasteiger partial charge < -0.3 is 9.64 Å². The predicted octanol–water partition coefficient (Wildman–Crippen LogP) is 1.57. The summed E-state index contributed by atoms with van der Waals surface area (Å²) in [5.41, 5.74) is 0.195. The number of nitrogens with zero attached hydrogens (tertiary/aromatic N) is 3. The zero-order valence-electron chi connectivity index (χ0n) is 11.7. The van der Waals surface area contributed by atoms with E-state index in [2.05, 4.69) is 0 Å². The summed E-state index contributed by atoms with van der Waals surface area (Å²) < 4.78 is 7.95. The number of ether oxygens (including phenoxy) is 1. The Labute approximate surface area is 116 Å². The molecule has 20 heavy (non-hydrogen) atoms. The lowest BCUT2D eigenvalue weighted by Gasteiger charge is -2.11. The Balaban J connectivity index is 2.50. The van der Waals surface area contributed by atoms with E-state index in [9.17, 15) is 9.59 Å². The SMILES string of the molecule is CCOc1ccccc1-n1ccn(C(=O)N(C)C)c1=O. The van der Waals surface area contributed by atoms with Crippen LogP contribution in [-0.2, 0) is 0 Å². The first-order valence-electron chi connectivity index (χ1n) is 6.30. The molecule has 0 saturated heterocycles. The Bertz CT molecular complexity index is 670. The maximum atomic E-state index is 12.3. The first-order chi connectivity index (χ1) is 9.56. The van der Waals surface area contributed by atoms with E-state index in [-0.39, 0.29) is 6.03 Å². The third kappa shape index (κ3) is 2.45. The van der Waals surface area contributed by atoms with Crippen molar-refractivity contribution < 1.29 is 9.53 Å². The first-order valence-corrected chi connectivity index (χ1v) is 6.30. The van der Waals surface area contributed by atoms with Gasteiger partial charge in [-0.1, -0.05) is 12.1 Å². The molecule has 1 amide bonds. The average Bonchev–Trinajstić information content (AvgIpc) is 2.80. The number of aromatic nitrogens is 2. The van der Waals surface area contributed by atoms with E-state index in [4.69, 9.17) is 4.74 Å². The fraction of sp³-hybridized carbons (Fsp3) is 0.286. The van der Waals surface area contributed by atoms with Crippen LogP contribution in [0.3, 0.4) is 0 Å². The van der Waals surface area contributed by atoms with E-state index >= 15 is 0 Å². The van der Waals surface area contributed by atoms with Crippen LogP contribution < -0.4 is 10.4 Å². The smallest absolute Gasteiger partial charge is 0.341 e. The molecular formula is C14H17N3O3. The fourth-order valence-corrected chi connectivity index (χ4v) is 1.86. The number of benzene rings is 1. The van der Waals surface area contributed by atoms with E-state index in [1.54, 1.807) is 32.4 Å². The van der Waals surface area contributed by atoms with Gasteiger partial charge in [-0.2, -0.15) is 0 Å². The van der Waals surface area contributed by atoms with Crippen LogP contribution in [0.2, 0.25) is 0 Å².